The van der Waals surface area contributed by atoms with E-state index in [-0.39, 0.29) is 5.75 Å². The summed E-state index contributed by atoms with van der Waals surface area (Å²) in [6.45, 7) is 0. The van der Waals surface area contributed by atoms with Crippen LogP contribution in [0.3, 0.4) is 0 Å². The maximum absolute atomic E-state index is 9.88. The third-order valence-corrected chi connectivity index (χ3v) is 4.53. The molecule has 0 aliphatic heterocycles. The van der Waals surface area contributed by atoms with Gasteiger partial charge < -0.3 is 9.84 Å². The normalized spacial score (nSPS) is 11.3. The van der Waals surface area contributed by atoms with Gasteiger partial charge in [-0.2, -0.15) is 0 Å². The first-order valence-corrected chi connectivity index (χ1v) is 8.68. The molecule has 0 aliphatic carbocycles. The third kappa shape index (κ3) is 3.25. The fraction of sp³-hybridized carbons (Fsp3) is 0.0476. The molecule has 4 aromatic rings. The smallest absolute Gasteiger partial charge is 0.165 e. The van der Waals surface area contributed by atoms with E-state index in [1.807, 2.05) is 53.1 Å². The van der Waals surface area contributed by atoms with E-state index < -0.39 is 0 Å². The molecule has 0 aliphatic rings. The van der Waals surface area contributed by atoms with Crippen LogP contribution in [0.5, 0.6) is 11.5 Å². The number of phenols is 1. The SMILES string of the molecule is COc1cc(-c2nc3ccccn3c2N=Cc2ccccc2Cl)ccc1O. The summed E-state index contributed by atoms with van der Waals surface area (Å²) >= 11 is 6.24. The number of hydrogen-bond donors (Lipinski definition) is 1. The first-order chi connectivity index (χ1) is 13.2. The predicted molar refractivity (Wildman–Crippen MR) is 108 cm³/mol. The lowest BCUT2D eigenvalue weighted by Crippen LogP contribution is -1.87. The highest BCUT2D eigenvalue weighted by Gasteiger charge is 2.15. The van der Waals surface area contributed by atoms with E-state index in [1.165, 1.54) is 7.11 Å². The van der Waals surface area contributed by atoms with Crippen molar-refractivity contribution >= 4 is 29.3 Å². The molecule has 6 heteroatoms. The van der Waals surface area contributed by atoms with Crippen molar-refractivity contribution in [2.75, 3.05) is 7.11 Å². The first kappa shape index (κ1) is 17.1. The summed E-state index contributed by atoms with van der Waals surface area (Å²) in [5.74, 6) is 1.12. The molecule has 0 saturated heterocycles. The fourth-order valence-corrected chi connectivity index (χ4v) is 3.02. The molecular weight excluding hydrogens is 362 g/mol. The molecule has 0 saturated carbocycles. The number of pyridine rings is 1. The zero-order valence-electron chi connectivity index (χ0n) is 14.5. The Hall–Kier alpha value is -3.31. The van der Waals surface area contributed by atoms with Gasteiger partial charge in [0.05, 0.1) is 7.11 Å². The van der Waals surface area contributed by atoms with Gasteiger partial charge in [0.2, 0.25) is 0 Å². The van der Waals surface area contributed by atoms with Crippen molar-refractivity contribution in [1.82, 2.24) is 9.38 Å². The molecule has 0 bridgehead atoms. The van der Waals surface area contributed by atoms with Gasteiger partial charge in [0.1, 0.15) is 11.3 Å². The maximum Gasteiger partial charge on any atom is 0.165 e. The van der Waals surface area contributed by atoms with Gasteiger partial charge in [-0.3, -0.25) is 4.40 Å². The number of hydrogen-bond acceptors (Lipinski definition) is 4. The van der Waals surface area contributed by atoms with E-state index in [2.05, 4.69) is 4.99 Å². The van der Waals surface area contributed by atoms with Gasteiger partial charge >= 0.3 is 0 Å². The lowest BCUT2D eigenvalue weighted by molar-refractivity contribution is 0.373. The molecule has 0 radical (unpaired) electrons. The Morgan fingerprint density at radius 2 is 1.93 bits per heavy atom. The average Bonchev–Trinajstić information content (AvgIpc) is 3.06. The van der Waals surface area contributed by atoms with Crippen molar-refractivity contribution in [1.29, 1.82) is 0 Å². The van der Waals surface area contributed by atoms with Crippen molar-refractivity contribution in [3.63, 3.8) is 0 Å². The molecule has 0 fully saturated rings. The van der Waals surface area contributed by atoms with Crippen LogP contribution in [0.2, 0.25) is 5.02 Å². The predicted octanol–water partition coefficient (Wildman–Crippen LogP) is 5.12. The Labute approximate surface area is 161 Å². The van der Waals surface area contributed by atoms with Crippen LogP contribution in [0, 0.1) is 0 Å². The first-order valence-electron chi connectivity index (χ1n) is 8.30. The zero-order chi connectivity index (χ0) is 18.8. The molecule has 0 spiro atoms. The van der Waals surface area contributed by atoms with Crippen LogP contribution in [-0.2, 0) is 0 Å². The van der Waals surface area contributed by atoms with Gasteiger partial charge in [0.15, 0.2) is 17.3 Å². The van der Waals surface area contributed by atoms with Crippen molar-refractivity contribution in [2.45, 2.75) is 0 Å². The van der Waals surface area contributed by atoms with Crippen LogP contribution in [0.1, 0.15) is 5.56 Å². The Kier molecular flexibility index (Phi) is 4.52. The molecule has 27 heavy (non-hydrogen) atoms. The Morgan fingerprint density at radius 1 is 1.11 bits per heavy atom. The summed E-state index contributed by atoms with van der Waals surface area (Å²) in [5, 5.41) is 10.5. The second kappa shape index (κ2) is 7.13. The monoisotopic (exact) mass is 377 g/mol. The van der Waals surface area contributed by atoms with Gasteiger partial charge in [-0.1, -0.05) is 35.9 Å². The van der Waals surface area contributed by atoms with E-state index >= 15 is 0 Å². The summed E-state index contributed by atoms with van der Waals surface area (Å²) in [6, 6.07) is 18.4. The molecular formula is C21H16ClN3O2. The highest BCUT2D eigenvalue weighted by atomic mass is 35.5. The van der Waals surface area contributed by atoms with E-state index in [4.69, 9.17) is 21.3 Å². The minimum atomic E-state index is 0.0751. The molecule has 0 atom stereocenters. The Bertz CT molecular complexity index is 1150. The molecule has 4 rings (SSSR count). The molecule has 0 unspecified atom stereocenters. The summed E-state index contributed by atoms with van der Waals surface area (Å²) in [4.78, 5) is 9.37. The van der Waals surface area contributed by atoms with Gasteiger partial charge in [0.25, 0.3) is 0 Å². The number of rotatable bonds is 4. The van der Waals surface area contributed by atoms with Crippen LogP contribution in [0.4, 0.5) is 5.82 Å². The van der Waals surface area contributed by atoms with E-state index in [0.29, 0.717) is 22.3 Å². The highest BCUT2D eigenvalue weighted by Crippen LogP contribution is 2.36. The van der Waals surface area contributed by atoms with Crippen molar-refractivity contribution < 1.29 is 9.84 Å². The Balaban J connectivity index is 1.89. The van der Waals surface area contributed by atoms with Crippen LogP contribution in [-0.4, -0.2) is 27.8 Å². The number of halogens is 1. The fourth-order valence-electron chi connectivity index (χ4n) is 2.84. The average molecular weight is 378 g/mol. The quantitative estimate of drug-likeness (QED) is 0.502. The maximum atomic E-state index is 9.88. The number of aromatic hydroxyl groups is 1. The van der Waals surface area contributed by atoms with Crippen molar-refractivity contribution in [3.8, 4) is 22.8 Å². The van der Waals surface area contributed by atoms with Crippen LogP contribution >= 0.6 is 11.6 Å². The minimum absolute atomic E-state index is 0.0751. The second-order valence-electron chi connectivity index (χ2n) is 5.88. The number of nitrogens with zero attached hydrogens (tertiary/aromatic N) is 3. The number of aromatic nitrogens is 2. The second-order valence-corrected chi connectivity index (χ2v) is 6.29. The molecule has 2 aromatic heterocycles. The summed E-state index contributed by atoms with van der Waals surface area (Å²) in [7, 11) is 1.51. The number of imidazole rings is 1. The lowest BCUT2D eigenvalue weighted by Gasteiger charge is -2.06. The van der Waals surface area contributed by atoms with E-state index in [9.17, 15) is 5.11 Å². The highest BCUT2D eigenvalue weighted by molar-refractivity contribution is 6.33. The number of benzene rings is 2. The molecule has 0 amide bonds. The molecule has 5 nitrogen and oxygen atoms in total. The van der Waals surface area contributed by atoms with Crippen LogP contribution in [0.15, 0.2) is 71.9 Å². The van der Waals surface area contributed by atoms with E-state index in [0.717, 1.165) is 16.8 Å². The number of methoxy groups -OCH3 is 1. The van der Waals surface area contributed by atoms with Gasteiger partial charge in [-0.05, 0) is 36.4 Å². The number of aliphatic imine (C=N–C) groups is 1. The number of fused-ring (bicyclic) bond motifs is 1. The van der Waals surface area contributed by atoms with Crippen LogP contribution < -0.4 is 4.74 Å². The van der Waals surface area contributed by atoms with Crippen molar-refractivity contribution in [2.24, 2.45) is 4.99 Å². The largest absolute Gasteiger partial charge is 0.504 e. The third-order valence-electron chi connectivity index (χ3n) is 4.19. The summed E-state index contributed by atoms with van der Waals surface area (Å²) < 4.78 is 7.13. The standard InChI is InChI=1S/C21H16ClN3O2/c1-27-18-12-14(9-10-17(18)26)20-21(25-11-5-4-8-19(25)24-20)23-13-15-6-2-3-7-16(15)22/h2-13,26H,1H3. The van der Waals surface area contributed by atoms with Gasteiger partial charge in [0, 0.05) is 28.6 Å². The van der Waals surface area contributed by atoms with Gasteiger partial charge in [-0.25, -0.2) is 9.98 Å². The molecule has 2 aromatic carbocycles. The molecule has 1 N–H and O–H groups in total. The number of phenolic OH excluding ortho intramolecular Hbond substituents is 1. The van der Waals surface area contributed by atoms with Crippen LogP contribution in [0.25, 0.3) is 16.9 Å². The van der Waals surface area contributed by atoms with Crippen molar-refractivity contribution in [3.05, 3.63) is 77.4 Å². The molecule has 134 valence electrons. The lowest BCUT2D eigenvalue weighted by atomic mass is 10.1. The summed E-state index contributed by atoms with van der Waals surface area (Å²) in [6.07, 6.45) is 3.63. The summed E-state index contributed by atoms with van der Waals surface area (Å²) in [5.41, 5.74) is 3.06. The number of ether oxygens (including phenoxy) is 1. The molecule has 2 heterocycles. The van der Waals surface area contributed by atoms with Gasteiger partial charge in [-0.15, -0.1) is 0 Å². The topological polar surface area (TPSA) is 59.1 Å². The minimum Gasteiger partial charge on any atom is -0.504 e. The zero-order valence-corrected chi connectivity index (χ0v) is 15.3. The Morgan fingerprint density at radius 3 is 2.74 bits per heavy atom. The van der Waals surface area contributed by atoms with E-state index in [1.54, 1.807) is 24.4 Å².